The minimum Gasteiger partial charge on any atom is -0.289 e. The standard InChI is InChI=1S/C37H28O/c38-36(30-20-10-3-11-21-30)33-26-27-37(31-22-12-4-13-23-31,32-24-14-5-15-25-32)35(29-18-8-2-9-19-29)34(33)28-16-6-1-7-17-28/h1-27,35H. The zero-order chi connectivity index (χ0) is 25.8. The normalized spacial score (nSPS) is 16.3. The highest BCUT2D eigenvalue weighted by Crippen LogP contribution is 2.55. The van der Waals surface area contributed by atoms with E-state index in [2.05, 4.69) is 127 Å². The van der Waals surface area contributed by atoms with E-state index in [1.807, 2.05) is 36.4 Å². The Labute approximate surface area is 224 Å². The van der Waals surface area contributed by atoms with Crippen LogP contribution < -0.4 is 0 Å². The summed E-state index contributed by atoms with van der Waals surface area (Å²) < 4.78 is 0. The third-order valence-electron chi connectivity index (χ3n) is 7.55. The van der Waals surface area contributed by atoms with Gasteiger partial charge in [0.15, 0.2) is 5.78 Å². The molecule has 0 radical (unpaired) electrons. The summed E-state index contributed by atoms with van der Waals surface area (Å²) in [5.74, 6) is -0.0973. The van der Waals surface area contributed by atoms with E-state index < -0.39 is 5.41 Å². The minimum atomic E-state index is -0.518. The van der Waals surface area contributed by atoms with Gasteiger partial charge in [-0.05, 0) is 27.8 Å². The maximum absolute atomic E-state index is 14.1. The molecule has 38 heavy (non-hydrogen) atoms. The van der Waals surface area contributed by atoms with Crippen LogP contribution in [0.4, 0.5) is 0 Å². The molecule has 1 aliphatic carbocycles. The van der Waals surface area contributed by atoms with E-state index in [9.17, 15) is 4.79 Å². The number of carbonyl (C=O) groups is 1. The third-order valence-corrected chi connectivity index (χ3v) is 7.55. The number of hydrogen-bond acceptors (Lipinski definition) is 1. The quantitative estimate of drug-likeness (QED) is 0.219. The van der Waals surface area contributed by atoms with Crippen molar-refractivity contribution in [3.05, 3.63) is 197 Å². The molecule has 182 valence electrons. The first kappa shape index (κ1) is 23.6. The van der Waals surface area contributed by atoms with Crippen LogP contribution in [0, 0.1) is 0 Å². The molecule has 0 bridgehead atoms. The van der Waals surface area contributed by atoms with Crippen molar-refractivity contribution in [3.8, 4) is 0 Å². The van der Waals surface area contributed by atoms with E-state index in [1.54, 1.807) is 0 Å². The van der Waals surface area contributed by atoms with Crippen LogP contribution in [0.2, 0.25) is 0 Å². The first-order valence-electron chi connectivity index (χ1n) is 13.0. The van der Waals surface area contributed by atoms with Crippen LogP contribution >= 0.6 is 0 Å². The topological polar surface area (TPSA) is 17.1 Å². The highest BCUT2D eigenvalue weighted by molar-refractivity contribution is 6.16. The van der Waals surface area contributed by atoms with E-state index in [1.165, 1.54) is 16.7 Å². The number of Topliss-reactive ketones (excluding diaryl/α,β-unsaturated/α-hetero) is 1. The summed E-state index contributed by atoms with van der Waals surface area (Å²) in [6.45, 7) is 0. The molecule has 5 aromatic rings. The maximum atomic E-state index is 14.1. The van der Waals surface area contributed by atoms with Crippen LogP contribution in [0.15, 0.2) is 169 Å². The second-order valence-electron chi connectivity index (χ2n) is 9.67. The number of ketones is 1. The van der Waals surface area contributed by atoms with Crippen LogP contribution in [0.5, 0.6) is 0 Å². The van der Waals surface area contributed by atoms with E-state index in [-0.39, 0.29) is 11.7 Å². The first-order valence-corrected chi connectivity index (χ1v) is 13.0. The summed E-state index contributed by atoms with van der Waals surface area (Å²) in [5.41, 5.74) is 6.56. The molecule has 5 aromatic carbocycles. The molecule has 0 aromatic heterocycles. The Morgan fingerprint density at radius 1 is 0.526 bits per heavy atom. The van der Waals surface area contributed by atoms with Crippen molar-refractivity contribution < 1.29 is 4.79 Å². The SMILES string of the molecule is O=C(C1=C(c2ccccc2)C(c2ccccc2)C(c2ccccc2)(c2ccccc2)C=C1)c1ccccc1. The lowest BCUT2D eigenvalue weighted by Crippen LogP contribution is -2.37. The van der Waals surface area contributed by atoms with E-state index >= 15 is 0 Å². The average molecular weight is 489 g/mol. The molecule has 1 unspecified atom stereocenters. The lowest BCUT2D eigenvalue weighted by molar-refractivity contribution is 0.103. The van der Waals surface area contributed by atoms with Gasteiger partial charge in [0.1, 0.15) is 0 Å². The summed E-state index contributed by atoms with van der Waals surface area (Å²) >= 11 is 0. The summed E-state index contributed by atoms with van der Waals surface area (Å²) in [6, 6.07) is 52.0. The fourth-order valence-corrected chi connectivity index (χ4v) is 5.86. The van der Waals surface area contributed by atoms with E-state index in [0.717, 1.165) is 16.7 Å². The van der Waals surface area contributed by atoms with Gasteiger partial charge in [0.2, 0.25) is 0 Å². The highest BCUT2D eigenvalue weighted by atomic mass is 16.1. The van der Waals surface area contributed by atoms with Gasteiger partial charge in [0, 0.05) is 22.5 Å². The summed E-state index contributed by atoms with van der Waals surface area (Å²) in [5, 5.41) is 0. The largest absolute Gasteiger partial charge is 0.289 e. The van der Waals surface area contributed by atoms with Gasteiger partial charge in [-0.1, -0.05) is 164 Å². The number of hydrogen-bond donors (Lipinski definition) is 0. The number of carbonyl (C=O) groups excluding carboxylic acids is 1. The van der Waals surface area contributed by atoms with Gasteiger partial charge in [-0.2, -0.15) is 0 Å². The molecule has 0 spiro atoms. The molecule has 1 nitrogen and oxygen atoms in total. The molecule has 1 atom stereocenters. The van der Waals surface area contributed by atoms with Crippen molar-refractivity contribution in [2.24, 2.45) is 0 Å². The van der Waals surface area contributed by atoms with Crippen molar-refractivity contribution in [3.63, 3.8) is 0 Å². The smallest absolute Gasteiger partial charge is 0.193 e. The fraction of sp³-hybridized carbons (Fsp3) is 0.0541. The monoisotopic (exact) mass is 488 g/mol. The Balaban J connectivity index is 1.72. The molecule has 0 aliphatic heterocycles. The second kappa shape index (κ2) is 10.3. The van der Waals surface area contributed by atoms with Gasteiger partial charge in [-0.3, -0.25) is 4.79 Å². The first-order chi connectivity index (χ1) is 18.8. The Kier molecular flexibility index (Phi) is 6.42. The van der Waals surface area contributed by atoms with Crippen molar-refractivity contribution in [1.82, 2.24) is 0 Å². The van der Waals surface area contributed by atoms with Crippen LogP contribution in [-0.2, 0) is 5.41 Å². The molecule has 1 heteroatoms. The second-order valence-corrected chi connectivity index (χ2v) is 9.67. The molecule has 0 heterocycles. The Morgan fingerprint density at radius 2 is 0.974 bits per heavy atom. The Morgan fingerprint density at radius 3 is 1.50 bits per heavy atom. The molecule has 6 rings (SSSR count). The molecule has 0 N–H and O–H groups in total. The molecular formula is C37H28O. The lowest BCUT2D eigenvalue weighted by atomic mass is 9.57. The summed E-state index contributed by atoms with van der Waals surface area (Å²) in [6.07, 6.45) is 4.33. The lowest BCUT2D eigenvalue weighted by Gasteiger charge is -2.44. The van der Waals surface area contributed by atoms with Crippen LogP contribution in [0.25, 0.3) is 5.57 Å². The summed E-state index contributed by atoms with van der Waals surface area (Å²) in [7, 11) is 0. The molecule has 0 saturated heterocycles. The zero-order valence-electron chi connectivity index (χ0n) is 21.1. The fourth-order valence-electron chi connectivity index (χ4n) is 5.86. The van der Waals surface area contributed by atoms with Gasteiger partial charge >= 0.3 is 0 Å². The van der Waals surface area contributed by atoms with Gasteiger partial charge < -0.3 is 0 Å². The Bertz CT molecular complexity index is 1540. The van der Waals surface area contributed by atoms with Crippen LogP contribution in [0.1, 0.15) is 38.5 Å². The zero-order valence-corrected chi connectivity index (χ0v) is 21.1. The predicted molar refractivity (Wildman–Crippen MR) is 156 cm³/mol. The molecular weight excluding hydrogens is 460 g/mol. The maximum Gasteiger partial charge on any atom is 0.193 e. The van der Waals surface area contributed by atoms with Gasteiger partial charge in [0.05, 0.1) is 0 Å². The minimum absolute atomic E-state index is 0.0383. The predicted octanol–water partition coefficient (Wildman–Crippen LogP) is 8.66. The van der Waals surface area contributed by atoms with Gasteiger partial charge in [-0.25, -0.2) is 0 Å². The van der Waals surface area contributed by atoms with Crippen LogP contribution in [-0.4, -0.2) is 5.78 Å². The number of benzene rings is 5. The van der Waals surface area contributed by atoms with Gasteiger partial charge in [-0.15, -0.1) is 0 Å². The average Bonchev–Trinajstić information content (AvgIpc) is 3.02. The van der Waals surface area contributed by atoms with Crippen LogP contribution in [0.3, 0.4) is 0 Å². The van der Waals surface area contributed by atoms with Crippen molar-refractivity contribution in [2.75, 3.05) is 0 Å². The molecule has 0 fully saturated rings. The molecule has 0 saturated carbocycles. The van der Waals surface area contributed by atoms with Crippen molar-refractivity contribution in [1.29, 1.82) is 0 Å². The highest BCUT2D eigenvalue weighted by Gasteiger charge is 2.46. The number of rotatable bonds is 6. The van der Waals surface area contributed by atoms with E-state index in [0.29, 0.717) is 5.56 Å². The number of allylic oxidation sites excluding steroid dienone is 4. The molecule has 0 amide bonds. The van der Waals surface area contributed by atoms with E-state index in [4.69, 9.17) is 0 Å². The Hall–Kier alpha value is -4.75. The van der Waals surface area contributed by atoms with Crippen molar-refractivity contribution >= 4 is 11.4 Å². The summed E-state index contributed by atoms with van der Waals surface area (Å²) in [4.78, 5) is 14.1. The third kappa shape index (κ3) is 4.13. The van der Waals surface area contributed by atoms with Crippen molar-refractivity contribution in [2.45, 2.75) is 11.3 Å². The molecule has 1 aliphatic rings. The van der Waals surface area contributed by atoms with Gasteiger partial charge in [0.25, 0.3) is 0 Å².